The number of rotatable bonds is 10. The number of nitrogens with zero attached hydrogens (tertiary/aromatic N) is 1. The van der Waals surface area contributed by atoms with Gasteiger partial charge in [-0.25, -0.2) is 10.2 Å². The lowest BCUT2D eigenvalue weighted by Gasteiger charge is -2.09. The molecule has 0 aliphatic carbocycles. The first-order valence-electron chi connectivity index (χ1n) is 10.7. The monoisotopic (exact) mass is 474 g/mol. The second-order valence-corrected chi connectivity index (χ2v) is 7.26. The number of carbonyl (C=O) groups excluding carboxylic acids is 2. The topological polar surface area (TPSA) is 95.5 Å². The van der Waals surface area contributed by atoms with Crippen LogP contribution in [0.25, 0.3) is 6.08 Å². The summed E-state index contributed by atoms with van der Waals surface area (Å²) in [7, 11) is 4.68. The number of hydrogen-bond acceptors (Lipinski definition) is 7. The molecule has 0 unspecified atom stereocenters. The third kappa shape index (κ3) is 7.75. The Balaban J connectivity index is 1.52. The van der Waals surface area contributed by atoms with Gasteiger partial charge in [0.1, 0.15) is 11.5 Å². The summed E-state index contributed by atoms with van der Waals surface area (Å²) in [6, 6.07) is 19.3. The predicted octanol–water partition coefficient (Wildman–Crippen LogP) is 4.02. The summed E-state index contributed by atoms with van der Waals surface area (Å²) in [6.45, 7) is 0. The average Bonchev–Trinajstić information content (AvgIpc) is 2.88. The molecule has 0 atom stereocenters. The zero-order chi connectivity index (χ0) is 25.0. The van der Waals surface area contributed by atoms with E-state index in [0.717, 1.165) is 16.9 Å². The van der Waals surface area contributed by atoms with Crippen LogP contribution in [0.5, 0.6) is 23.0 Å². The van der Waals surface area contributed by atoms with Gasteiger partial charge in [0.25, 0.3) is 0 Å². The maximum Gasteiger partial charge on any atom is 0.336 e. The molecule has 3 rings (SSSR count). The zero-order valence-corrected chi connectivity index (χ0v) is 19.7. The maximum atomic E-state index is 12.2. The second kappa shape index (κ2) is 12.6. The Bertz CT molecular complexity index is 1220. The highest BCUT2D eigenvalue weighted by Gasteiger charge is 2.08. The van der Waals surface area contributed by atoms with Gasteiger partial charge in [-0.2, -0.15) is 5.10 Å². The van der Waals surface area contributed by atoms with Crippen LogP contribution < -0.4 is 24.4 Å². The first-order valence-corrected chi connectivity index (χ1v) is 10.7. The summed E-state index contributed by atoms with van der Waals surface area (Å²) in [5.41, 5.74) is 4.73. The number of ether oxygens (including phenoxy) is 4. The highest BCUT2D eigenvalue weighted by atomic mass is 16.5. The second-order valence-electron chi connectivity index (χ2n) is 7.26. The van der Waals surface area contributed by atoms with Gasteiger partial charge in [-0.1, -0.05) is 30.3 Å². The van der Waals surface area contributed by atoms with E-state index in [0.29, 0.717) is 22.8 Å². The Morgan fingerprint density at radius 3 is 2.31 bits per heavy atom. The van der Waals surface area contributed by atoms with Gasteiger partial charge in [0, 0.05) is 6.08 Å². The minimum absolute atomic E-state index is 0.121. The van der Waals surface area contributed by atoms with Gasteiger partial charge in [0.2, 0.25) is 5.91 Å². The lowest BCUT2D eigenvalue weighted by atomic mass is 10.1. The molecule has 8 heteroatoms. The van der Waals surface area contributed by atoms with Crippen LogP contribution in [0.3, 0.4) is 0 Å². The first-order chi connectivity index (χ1) is 17.0. The molecule has 0 spiro atoms. The van der Waals surface area contributed by atoms with E-state index in [1.165, 1.54) is 19.4 Å². The van der Waals surface area contributed by atoms with E-state index in [4.69, 9.17) is 18.9 Å². The van der Waals surface area contributed by atoms with Crippen LogP contribution in [0.4, 0.5) is 0 Å². The SMILES string of the molecule is COc1ccc(/C=C\C(=O)Oc2cccc(/C=N/NC(=O)Cc3ccc(OC)c(OC)c3)c2)cc1. The Morgan fingerprint density at radius 2 is 1.60 bits per heavy atom. The standard InChI is InChI=1S/C27H26N2O6/c1-32-22-11-7-19(8-12-22)10-14-27(31)35-23-6-4-5-21(15-23)18-28-29-26(30)17-20-9-13-24(33-2)25(16-20)34-3/h4-16,18H,17H2,1-3H3,(H,29,30)/b14-10-,28-18+. The van der Waals surface area contributed by atoms with Crippen LogP contribution in [-0.2, 0) is 16.0 Å². The lowest BCUT2D eigenvalue weighted by Crippen LogP contribution is -2.19. The Morgan fingerprint density at radius 1 is 0.829 bits per heavy atom. The summed E-state index contributed by atoms with van der Waals surface area (Å²) in [5.74, 6) is 1.42. The molecular weight excluding hydrogens is 448 g/mol. The molecule has 1 N–H and O–H groups in total. The van der Waals surface area contributed by atoms with Gasteiger partial charge in [-0.15, -0.1) is 0 Å². The number of esters is 1. The Hall–Kier alpha value is -4.59. The fourth-order valence-electron chi connectivity index (χ4n) is 3.08. The summed E-state index contributed by atoms with van der Waals surface area (Å²) >= 11 is 0. The van der Waals surface area contributed by atoms with E-state index in [1.807, 2.05) is 12.1 Å². The van der Waals surface area contributed by atoms with Gasteiger partial charge < -0.3 is 18.9 Å². The normalized spacial score (nSPS) is 10.8. The molecule has 0 aromatic heterocycles. The van der Waals surface area contributed by atoms with Crippen molar-refractivity contribution >= 4 is 24.2 Å². The van der Waals surface area contributed by atoms with E-state index in [1.54, 1.807) is 74.9 Å². The van der Waals surface area contributed by atoms with E-state index in [2.05, 4.69) is 10.5 Å². The van der Waals surface area contributed by atoms with Crippen molar-refractivity contribution in [2.45, 2.75) is 6.42 Å². The van der Waals surface area contributed by atoms with Crippen molar-refractivity contribution in [2.75, 3.05) is 21.3 Å². The average molecular weight is 475 g/mol. The van der Waals surface area contributed by atoms with Crippen molar-refractivity contribution in [1.29, 1.82) is 0 Å². The molecule has 3 aromatic carbocycles. The van der Waals surface area contributed by atoms with Crippen LogP contribution in [0.2, 0.25) is 0 Å². The number of hydrazone groups is 1. The molecular formula is C27H26N2O6. The Labute approximate surface area is 203 Å². The molecule has 3 aromatic rings. The fraction of sp³-hybridized carbons (Fsp3) is 0.148. The summed E-state index contributed by atoms with van der Waals surface area (Å²) in [4.78, 5) is 24.4. The molecule has 0 saturated heterocycles. The summed E-state index contributed by atoms with van der Waals surface area (Å²) in [5, 5.41) is 3.98. The van der Waals surface area contributed by atoms with Crippen molar-refractivity contribution in [3.8, 4) is 23.0 Å². The quantitative estimate of drug-likeness (QED) is 0.157. The number of hydrogen-bond donors (Lipinski definition) is 1. The van der Waals surface area contributed by atoms with Crippen LogP contribution in [0, 0.1) is 0 Å². The van der Waals surface area contributed by atoms with Gasteiger partial charge in [0.15, 0.2) is 11.5 Å². The number of carbonyl (C=O) groups is 2. The number of benzene rings is 3. The third-order valence-corrected chi connectivity index (χ3v) is 4.82. The highest BCUT2D eigenvalue weighted by molar-refractivity contribution is 5.89. The molecule has 0 aliphatic rings. The lowest BCUT2D eigenvalue weighted by molar-refractivity contribution is -0.129. The molecule has 0 fully saturated rings. The molecule has 0 saturated carbocycles. The fourth-order valence-corrected chi connectivity index (χ4v) is 3.08. The van der Waals surface area contributed by atoms with Crippen LogP contribution >= 0.6 is 0 Å². The largest absolute Gasteiger partial charge is 0.497 e. The zero-order valence-electron chi connectivity index (χ0n) is 19.7. The summed E-state index contributed by atoms with van der Waals surface area (Å²) < 4.78 is 20.9. The van der Waals surface area contributed by atoms with Crippen LogP contribution in [0.1, 0.15) is 16.7 Å². The highest BCUT2D eigenvalue weighted by Crippen LogP contribution is 2.27. The van der Waals surface area contributed by atoms with Crippen molar-refractivity contribution in [3.05, 3.63) is 89.5 Å². The Kier molecular flexibility index (Phi) is 9.01. The summed E-state index contributed by atoms with van der Waals surface area (Å²) in [6.07, 6.45) is 4.59. The van der Waals surface area contributed by atoms with Gasteiger partial charge in [-0.05, 0) is 59.2 Å². The predicted molar refractivity (Wildman–Crippen MR) is 133 cm³/mol. The molecule has 180 valence electrons. The van der Waals surface area contributed by atoms with Crippen molar-refractivity contribution in [1.82, 2.24) is 5.43 Å². The number of amides is 1. The third-order valence-electron chi connectivity index (χ3n) is 4.82. The van der Waals surface area contributed by atoms with E-state index < -0.39 is 5.97 Å². The van der Waals surface area contributed by atoms with E-state index in [9.17, 15) is 9.59 Å². The molecule has 8 nitrogen and oxygen atoms in total. The minimum atomic E-state index is -0.516. The van der Waals surface area contributed by atoms with Gasteiger partial charge in [-0.3, -0.25) is 4.79 Å². The van der Waals surface area contributed by atoms with Gasteiger partial charge >= 0.3 is 5.97 Å². The van der Waals surface area contributed by atoms with Crippen molar-refractivity contribution in [2.24, 2.45) is 5.10 Å². The van der Waals surface area contributed by atoms with Crippen molar-refractivity contribution in [3.63, 3.8) is 0 Å². The smallest absolute Gasteiger partial charge is 0.336 e. The van der Waals surface area contributed by atoms with Gasteiger partial charge in [0.05, 0.1) is 34.0 Å². The molecule has 1 amide bonds. The molecule has 0 heterocycles. The van der Waals surface area contributed by atoms with Crippen LogP contribution in [0.15, 0.2) is 77.9 Å². The number of methoxy groups -OCH3 is 3. The van der Waals surface area contributed by atoms with Crippen molar-refractivity contribution < 1.29 is 28.5 Å². The molecule has 0 radical (unpaired) electrons. The first kappa shape index (κ1) is 25.0. The van der Waals surface area contributed by atoms with Crippen LogP contribution in [-0.4, -0.2) is 39.4 Å². The minimum Gasteiger partial charge on any atom is -0.497 e. The van der Waals surface area contributed by atoms with E-state index >= 15 is 0 Å². The molecule has 35 heavy (non-hydrogen) atoms. The maximum absolute atomic E-state index is 12.2. The van der Waals surface area contributed by atoms with E-state index in [-0.39, 0.29) is 12.3 Å². The molecule has 0 bridgehead atoms. The molecule has 0 aliphatic heterocycles. The number of nitrogens with one attached hydrogen (secondary N) is 1.